The molecule has 5 nitrogen and oxygen atoms in total. The molecule has 6 atom stereocenters. The van der Waals surface area contributed by atoms with Gasteiger partial charge in [-0.05, 0) is 54.4 Å². The number of hydrogen-bond donors (Lipinski definition) is 1. The van der Waals surface area contributed by atoms with Gasteiger partial charge < -0.3 is 10.1 Å². The van der Waals surface area contributed by atoms with Gasteiger partial charge in [0.25, 0.3) is 0 Å². The van der Waals surface area contributed by atoms with Crippen molar-refractivity contribution in [1.82, 2.24) is 4.90 Å². The zero-order chi connectivity index (χ0) is 16.4. The van der Waals surface area contributed by atoms with E-state index in [4.69, 9.17) is 4.74 Å². The second kappa shape index (κ2) is 4.85. The van der Waals surface area contributed by atoms with E-state index < -0.39 is 0 Å². The van der Waals surface area contributed by atoms with Crippen molar-refractivity contribution in [3.63, 3.8) is 0 Å². The molecule has 0 unspecified atom stereocenters. The second-order valence-electron chi connectivity index (χ2n) is 7.32. The lowest BCUT2D eigenvalue weighted by Crippen LogP contribution is -2.40. The monoisotopic (exact) mass is 324 g/mol. The Morgan fingerprint density at radius 1 is 1.04 bits per heavy atom. The van der Waals surface area contributed by atoms with Crippen LogP contribution in [0.1, 0.15) is 6.42 Å². The first-order chi connectivity index (χ1) is 11.7. The number of amides is 2. The highest BCUT2D eigenvalue weighted by Crippen LogP contribution is 2.65. The third-order valence-corrected chi connectivity index (χ3v) is 6.29. The Kier molecular flexibility index (Phi) is 2.84. The molecular formula is C19H20N2O3. The van der Waals surface area contributed by atoms with Crippen molar-refractivity contribution in [2.24, 2.45) is 35.5 Å². The normalized spacial score (nSPS) is 38.1. The predicted octanol–water partition coefficient (Wildman–Crippen LogP) is 2.12. The van der Waals surface area contributed by atoms with Crippen molar-refractivity contribution in [3.05, 3.63) is 36.4 Å². The van der Waals surface area contributed by atoms with Crippen LogP contribution < -0.4 is 10.1 Å². The number of allylic oxidation sites excluding steroid dienone is 2. The average Bonchev–Trinajstić information content (AvgIpc) is 3.39. The highest BCUT2D eigenvalue weighted by atomic mass is 16.5. The van der Waals surface area contributed by atoms with Crippen LogP contribution in [0.3, 0.4) is 0 Å². The minimum absolute atomic E-state index is 0.00992. The van der Waals surface area contributed by atoms with Crippen LogP contribution in [-0.4, -0.2) is 30.5 Å². The van der Waals surface area contributed by atoms with Crippen LogP contribution in [-0.2, 0) is 9.59 Å². The Morgan fingerprint density at radius 2 is 1.62 bits per heavy atom. The van der Waals surface area contributed by atoms with E-state index in [9.17, 15) is 9.59 Å². The van der Waals surface area contributed by atoms with Crippen LogP contribution in [0.15, 0.2) is 36.4 Å². The maximum Gasteiger partial charge on any atom is 0.235 e. The summed E-state index contributed by atoms with van der Waals surface area (Å²) < 4.78 is 5.14. The Morgan fingerprint density at radius 3 is 2.17 bits per heavy atom. The number of hydrogen-bond acceptors (Lipinski definition) is 4. The van der Waals surface area contributed by atoms with Crippen LogP contribution in [0.25, 0.3) is 0 Å². The van der Waals surface area contributed by atoms with E-state index in [1.807, 2.05) is 24.3 Å². The van der Waals surface area contributed by atoms with E-state index in [-0.39, 0.29) is 42.2 Å². The van der Waals surface area contributed by atoms with Gasteiger partial charge >= 0.3 is 0 Å². The third kappa shape index (κ3) is 1.81. The molecule has 0 spiro atoms. The number of ether oxygens (including phenoxy) is 1. The van der Waals surface area contributed by atoms with Gasteiger partial charge in [0, 0.05) is 5.69 Å². The predicted molar refractivity (Wildman–Crippen MR) is 88.0 cm³/mol. The fourth-order valence-electron chi connectivity index (χ4n) is 5.05. The summed E-state index contributed by atoms with van der Waals surface area (Å²) >= 11 is 0. The molecule has 1 aliphatic heterocycles. The SMILES string of the molecule is COc1ccc(NCN2C(=O)[C@H]3[C@@H]4C=C[C@H]([C@@H]5C[C@H]45)[C@@H]3C2=O)cc1. The molecule has 6 rings (SSSR count). The third-order valence-electron chi connectivity index (χ3n) is 6.29. The van der Waals surface area contributed by atoms with Crippen molar-refractivity contribution < 1.29 is 14.3 Å². The Bertz CT molecular complexity index is 705. The van der Waals surface area contributed by atoms with Gasteiger partial charge in [0.05, 0.1) is 25.6 Å². The molecule has 1 saturated heterocycles. The number of nitrogens with one attached hydrogen (secondary N) is 1. The number of carbonyl (C=O) groups is 2. The molecule has 4 aliphatic carbocycles. The number of benzene rings is 1. The largest absolute Gasteiger partial charge is 0.497 e. The fourth-order valence-corrected chi connectivity index (χ4v) is 5.05. The van der Waals surface area contributed by atoms with E-state index >= 15 is 0 Å². The fraction of sp³-hybridized carbons (Fsp3) is 0.474. The first kappa shape index (κ1) is 14.1. The van der Waals surface area contributed by atoms with Gasteiger partial charge in [0.1, 0.15) is 5.75 Å². The van der Waals surface area contributed by atoms with Gasteiger partial charge in [-0.15, -0.1) is 0 Å². The molecule has 5 aliphatic rings. The molecule has 0 aromatic heterocycles. The second-order valence-corrected chi connectivity index (χ2v) is 7.32. The number of methoxy groups -OCH3 is 1. The topological polar surface area (TPSA) is 58.6 Å². The van der Waals surface area contributed by atoms with E-state index in [2.05, 4.69) is 17.5 Å². The van der Waals surface area contributed by atoms with Crippen molar-refractivity contribution in [2.45, 2.75) is 6.42 Å². The highest BCUT2D eigenvalue weighted by molar-refractivity contribution is 6.06. The lowest BCUT2D eigenvalue weighted by Gasteiger charge is -2.37. The molecule has 2 saturated carbocycles. The van der Waals surface area contributed by atoms with Crippen molar-refractivity contribution in [3.8, 4) is 5.75 Å². The molecule has 5 heteroatoms. The van der Waals surface area contributed by atoms with Gasteiger partial charge in [-0.25, -0.2) is 0 Å². The van der Waals surface area contributed by atoms with Gasteiger partial charge in [0.15, 0.2) is 0 Å². The van der Waals surface area contributed by atoms with Crippen molar-refractivity contribution >= 4 is 17.5 Å². The summed E-state index contributed by atoms with van der Waals surface area (Å²) in [5.74, 6) is 2.43. The summed E-state index contributed by atoms with van der Waals surface area (Å²) in [4.78, 5) is 27.1. The first-order valence-corrected chi connectivity index (χ1v) is 8.60. The standard InChI is InChI=1S/C19H20N2O3/c1-24-11-4-2-10(3-5-11)20-9-21-18(22)16-12-6-7-13(15-8-14(12)15)17(16)19(21)23/h2-7,12-17,20H,8-9H2,1H3/t12-,13-,14-,15+,16+,17+/m1/s1. The maximum atomic E-state index is 12.8. The molecular weight excluding hydrogens is 304 g/mol. The molecule has 1 aromatic rings. The van der Waals surface area contributed by atoms with Gasteiger partial charge in [-0.1, -0.05) is 12.2 Å². The Labute approximate surface area is 140 Å². The van der Waals surface area contributed by atoms with E-state index in [0.717, 1.165) is 11.4 Å². The zero-order valence-corrected chi connectivity index (χ0v) is 13.5. The van der Waals surface area contributed by atoms with Crippen LogP contribution in [0.2, 0.25) is 0 Å². The average molecular weight is 324 g/mol. The lowest BCUT2D eigenvalue weighted by molar-refractivity contribution is -0.139. The summed E-state index contributed by atoms with van der Waals surface area (Å²) in [6, 6.07) is 7.48. The van der Waals surface area contributed by atoms with Crippen LogP contribution in [0.5, 0.6) is 5.75 Å². The maximum absolute atomic E-state index is 12.8. The number of anilines is 1. The number of likely N-dealkylation sites (tertiary alicyclic amines) is 1. The first-order valence-electron chi connectivity index (χ1n) is 8.60. The molecule has 1 heterocycles. The van der Waals surface area contributed by atoms with Crippen molar-refractivity contribution in [2.75, 3.05) is 19.1 Å². The van der Waals surface area contributed by atoms with Crippen molar-refractivity contribution in [1.29, 1.82) is 0 Å². The summed E-state index contributed by atoms with van der Waals surface area (Å²) in [7, 11) is 1.62. The van der Waals surface area contributed by atoms with E-state index in [1.165, 1.54) is 11.3 Å². The van der Waals surface area contributed by atoms with Gasteiger partial charge in [-0.2, -0.15) is 0 Å². The number of imide groups is 1. The summed E-state index contributed by atoms with van der Waals surface area (Å²) in [6.07, 6.45) is 5.59. The molecule has 2 amide bonds. The molecule has 1 N–H and O–H groups in total. The number of carbonyl (C=O) groups excluding carboxylic acids is 2. The van der Waals surface area contributed by atoms with Gasteiger partial charge in [-0.3, -0.25) is 14.5 Å². The lowest BCUT2D eigenvalue weighted by atomic mass is 9.63. The molecule has 1 aromatic carbocycles. The minimum atomic E-state index is -0.117. The quantitative estimate of drug-likeness (QED) is 0.681. The minimum Gasteiger partial charge on any atom is -0.497 e. The number of rotatable bonds is 4. The molecule has 24 heavy (non-hydrogen) atoms. The van der Waals surface area contributed by atoms with Crippen LogP contribution in [0.4, 0.5) is 5.69 Å². The van der Waals surface area contributed by atoms with Crippen LogP contribution >= 0.6 is 0 Å². The summed E-state index contributed by atoms with van der Waals surface area (Å²) in [5.41, 5.74) is 0.871. The number of nitrogens with zero attached hydrogens (tertiary/aromatic N) is 1. The Hall–Kier alpha value is -2.30. The van der Waals surface area contributed by atoms with Crippen LogP contribution in [0, 0.1) is 35.5 Å². The molecule has 0 radical (unpaired) electrons. The highest BCUT2D eigenvalue weighted by Gasteiger charge is 2.66. The smallest absolute Gasteiger partial charge is 0.235 e. The van der Waals surface area contributed by atoms with Gasteiger partial charge in [0.2, 0.25) is 11.8 Å². The van der Waals surface area contributed by atoms with E-state index in [1.54, 1.807) is 7.11 Å². The molecule has 124 valence electrons. The van der Waals surface area contributed by atoms with E-state index in [0.29, 0.717) is 11.8 Å². The zero-order valence-electron chi connectivity index (χ0n) is 13.5. The Balaban J connectivity index is 1.33. The molecule has 3 fully saturated rings. The summed E-state index contributed by atoms with van der Waals surface area (Å²) in [6.45, 7) is 0.242. The summed E-state index contributed by atoms with van der Waals surface area (Å²) in [5, 5.41) is 3.19. The molecule has 2 bridgehead atoms.